The van der Waals surface area contributed by atoms with Gasteiger partial charge < -0.3 is 10.5 Å². The zero-order valence-electron chi connectivity index (χ0n) is 11.3. The number of aromatic nitrogens is 2. The van der Waals surface area contributed by atoms with Gasteiger partial charge in [0.25, 0.3) is 0 Å². The highest BCUT2D eigenvalue weighted by molar-refractivity contribution is 5.33. The lowest BCUT2D eigenvalue weighted by Crippen LogP contribution is -2.15. The van der Waals surface area contributed by atoms with E-state index in [0.29, 0.717) is 6.54 Å². The molecule has 2 aromatic rings. The highest BCUT2D eigenvalue weighted by Crippen LogP contribution is 2.24. The second-order valence-electron chi connectivity index (χ2n) is 4.67. The molecule has 0 aliphatic rings. The molecule has 1 heterocycles. The van der Waals surface area contributed by atoms with Crippen LogP contribution in [0.5, 0.6) is 5.75 Å². The minimum absolute atomic E-state index is 0.0711. The van der Waals surface area contributed by atoms with Crippen molar-refractivity contribution >= 4 is 0 Å². The van der Waals surface area contributed by atoms with E-state index in [-0.39, 0.29) is 12.0 Å². The van der Waals surface area contributed by atoms with E-state index in [1.807, 2.05) is 50.2 Å². The van der Waals surface area contributed by atoms with Crippen LogP contribution in [0.4, 0.5) is 0 Å². The second-order valence-corrected chi connectivity index (χ2v) is 4.67. The van der Waals surface area contributed by atoms with Crippen LogP contribution in [-0.4, -0.2) is 22.8 Å². The lowest BCUT2D eigenvalue weighted by Gasteiger charge is -2.15. The summed E-state index contributed by atoms with van der Waals surface area (Å²) in [5.41, 5.74) is 7.87. The van der Waals surface area contributed by atoms with Crippen LogP contribution in [-0.2, 0) is 0 Å². The molecule has 1 unspecified atom stereocenters. The van der Waals surface area contributed by atoms with Gasteiger partial charge in [0.05, 0.1) is 11.8 Å². The van der Waals surface area contributed by atoms with Gasteiger partial charge in [0.15, 0.2) is 0 Å². The van der Waals surface area contributed by atoms with Crippen molar-refractivity contribution in [1.82, 2.24) is 10.2 Å². The Balaban J connectivity index is 2.20. The van der Waals surface area contributed by atoms with E-state index in [2.05, 4.69) is 10.2 Å². The van der Waals surface area contributed by atoms with Crippen molar-refractivity contribution in [2.45, 2.75) is 25.9 Å². The molecule has 1 atom stereocenters. The number of benzene rings is 1. The standard InChI is InChI=1S/C15H19N3O/c1-11(2)19-13-7-5-12(6-8-13)14(10-16)15-4-3-9-17-18-15/h3-9,11,14H,10,16H2,1-2H3. The molecule has 0 bridgehead atoms. The van der Waals surface area contributed by atoms with E-state index >= 15 is 0 Å². The van der Waals surface area contributed by atoms with Crippen LogP contribution in [0.15, 0.2) is 42.6 Å². The first kappa shape index (κ1) is 13.5. The molecule has 0 aliphatic heterocycles. The molecule has 100 valence electrons. The van der Waals surface area contributed by atoms with Crippen LogP contribution in [0, 0.1) is 0 Å². The summed E-state index contributed by atoms with van der Waals surface area (Å²) < 4.78 is 5.63. The largest absolute Gasteiger partial charge is 0.491 e. The third kappa shape index (κ3) is 3.51. The number of nitrogens with two attached hydrogens (primary N) is 1. The Morgan fingerprint density at radius 2 is 1.89 bits per heavy atom. The van der Waals surface area contributed by atoms with E-state index in [9.17, 15) is 0 Å². The molecule has 0 radical (unpaired) electrons. The summed E-state index contributed by atoms with van der Waals surface area (Å²) in [6.45, 7) is 4.52. The molecule has 0 saturated heterocycles. The maximum atomic E-state index is 5.86. The van der Waals surface area contributed by atoms with Crippen molar-refractivity contribution < 1.29 is 4.74 Å². The fourth-order valence-corrected chi connectivity index (χ4v) is 1.98. The van der Waals surface area contributed by atoms with Gasteiger partial charge in [0, 0.05) is 18.7 Å². The Kier molecular flexibility index (Phi) is 4.47. The van der Waals surface area contributed by atoms with Crippen molar-refractivity contribution in [2.24, 2.45) is 5.73 Å². The lowest BCUT2D eigenvalue weighted by molar-refractivity contribution is 0.242. The minimum atomic E-state index is 0.0711. The van der Waals surface area contributed by atoms with Gasteiger partial charge in [0.1, 0.15) is 5.75 Å². The molecule has 0 amide bonds. The monoisotopic (exact) mass is 257 g/mol. The first-order valence-electron chi connectivity index (χ1n) is 6.45. The Morgan fingerprint density at radius 3 is 2.42 bits per heavy atom. The molecule has 1 aromatic carbocycles. The summed E-state index contributed by atoms with van der Waals surface area (Å²) in [4.78, 5) is 0. The quantitative estimate of drug-likeness (QED) is 0.893. The zero-order valence-corrected chi connectivity index (χ0v) is 11.3. The van der Waals surface area contributed by atoms with Crippen LogP contribution >= 0.6 is 0 Å². The van der Waals surface area contributed by atoms with Crippen LogP contribution < -0.4 is 10.5 Å². The highest BCUT2D eigenvalue weighted by Gasteiger charge is 2.14. The van der Waals surface area contributed by atoms with E-state index in [1.165, 1.54) is 0 Å². The Morgan fingerprint density at radius 1 is 1.16 bits per heavy atom. The first-order chi connectivity index (χ1) is 9.20. The first-order valence-corrected chi connectivity index (χ1v) is 6.45. The predicted molar refractivity (Wildman–Crippen MR) is 75.1 cm³/mol. The normalized spacial score (nSPS) is 12.4. The SMILES string of the molecule is CC(C)Oc1ccc(C(CN)c2cccnn2)cc1. The summed E-state index contributed by atoms with van der Waals surface area (Å²) in [6, 6.07) is 11.8. The average Bonchev–Trinajstić information content (AvgIpc) is 2.42. The smallest absolute Gasteiger partial charge is 0.119 e. The number of ether oxygens (including phenoxy) is 1. The van der Waals surface area contributed by atoms with Gasteiger partial charge in [-0.05, 0) is 43.7 Å². The molecule has 0 aliphatic carbocycles. The van der Waals surface area contributed by atoms with Crippen molar-refractivity contribution in [3.05, 3.63) is 53.9 Å². The molecule has 0 spiro atoms. The van der Waals surface area contributed by atoms with E-state index in [1.54, 1.807) is 6.20 Å². The molecular weight excluding hydrogens is 238 g/mol. The third-order valence-corrected chi connectivity index (χ3v) is 2.84. The van der Waals surface area contributed by atoms with E-state index in [4.69, 9.17) is 10.5 Å². The molecule has 0 fully saturated rings. The molecule has 2 rings (SSSR count). The molecule has 4 nitrogen and oxygen atoms in total. The van der Waals surface area contributed by atoms with Gasteiger partial charge >= 0.3 is 0 Å². The number of hydrogen-bond acceptors (Lipinski definition) is 4. The maximum Gasteiger partial charge on any atom is 0.119 e. The summed E-state index contributed by atoms with van der Waals surface area (Å²) >= 11 is 0. The van der Waals surface area contributed by atoms with E-state index < -0.39 is 0 Å². The topological polar surface area (TPSA) is 61.0 Å². The zero-order chi connectivity index (χ0) is 13.7. The van der Waals surface area contributed by atoms with Crippen molar-refractivity contribution in [3.8, 4) is 5.75 Å². The molecule has 4 heteroatoms. The Labute approximate surface area is 113 Å². The number of nitrogens with zero attached hydrogens (tertiary/aromatic N) is 2. The Bertz CT molecular complexity index is 497. The summed E-state index contributed by atoms with van der Waals surface area (Å²) in [5, 5.41) is 8.04. The van der Waals surface area contributed by atoms with Gasteiger partial charge in [-0.15, -0.1) is 0 Å². The average molecular weight is 257 g/mol. The van der Waals surface area contributed by atoms with Gasteiger partial charge in [-0.25, -0.2) is 0 Å². The van der Waals surface area contributed by atoms with Crippen molar-refractivity contribution in [3.63, 3.8) is 0 Å². The molecular formula is C15H19N3O. The lowest BCUT2D eigenvalue weighted by atomic mass is 9.95. The van der Waals surface area contributed by atoms with Gasteiger partial charge in [-0.2, -0.15) is 10.2 Å². The van der Waals surface area contributed by atoms with Crippen LogP contribution in [0.3, 0.4) is 0 Å². The van der Waals surface area contributed by atoms with E-state index in [0.717, 1.165) is 17.0 Å². The fraction of sp³-hybridized carbons (Fsp3) is 0.333. The summed E-state index contributed by atoms with van der Waals surface area (Å²) in [5.74, 6) is 0.940. The van der Waals surface area contributed by atoms with Gasteiger partial charge in [0.2, 0.25) is 0 Å². The highest BCUT2D eigenvalue weighted by atomic mass is 16.5. The Hall–Kier alpha value is -1.94. The van der Waals surface area contributed by atoms with Gasteiger partial charge in [-0.3, -0.25) is 0 Å². The summed E-state index contributed by atoms with van der Waals surface area (Å²) in [7, 11) is 0. The number of hydrogen-bond donors (Lipinski definition) is 1. The van der Waals surface area contributed by atoms with Gasteiger partial charge in [-0.1, -0.05) is 12.1 Å². The number of rotatable bonds is 5. The predicted octanol–water partition coefficient (Wildman–Crippen LogP) is 2.35. The molecule has 2 N–H and O–H groups in total. The molecule has 0 saturated carbocycles. The van der Waals surface area contributed by atoms with Crippen molar-refractivity contribution in [2.75, 3.05) is 6.54 Å². The minimum Gasteiger partial charge on any atom is -0.491 e. The molecule has 1 aromatic heterocycles. The van der Waals surface area contributed by atoms with Crippen LogP contribution in [0.1, 0.15) is 31.0 Å². The van der Waals surface area contributed by atoms with Crippen LogP contribution in [0.25, 0.3) is 0 Å². The fourth-order valence-electron chi connectivity index (χ4n) is 1.98. The van der Waals surface area contributed by atoms with Crippen molar-refractivity contribution in [1.29, 1.82) is 0 Å². The second kappa shape index (κ2) is 6.29. The third-order valence-electron chi connectivity index (χ3n) is 2.84. The summed E-state index contributed by atoms with van der Waals surface area (Å²) in [6.07, 6.45) is 1.84. The van der Waals surface area contributed by atoms with Crippen LogP contribution in [0.2, 0.25) is 0 Å². The maximum absolute atomic E-state index is 5.86. The molecule has 19 heavy (non-hydrogen) atoms.